The van der Waals surface area contributed by atoms with Crippen molar-refractivity contribution in [1.82, 2.24) is 4.98 Å². The number of rotatable bonds is 4. The van der Waals surface area contributed by atoms with Crippen molar-refractivity contribution in [3.8, 4) is 0 Å². The highest BCUT2D eigenvalue weighted by Crippen LogP contribution is 2.42. The Hall–Kier alpha value is -1.12. The summed E-state index contributed by atoms with van der Waals surface area (Å²) in [5, 5.41) is 0. The molecule has 1 nitrogen and oxygen atoms in total. The minimum Gasteiger partial charge on any atom is -0.332 e. The average molecular weight is 286 g/mol. The van der Waals surface area contributed by atoms with E-state index in [1.54, 1.807) is 0 Å². The van der Waals surface area contributed by atoms with E-state index in [1.807, 2.05) is 6.08 Å². The second kappa shape index (κ2) is 5.34. The molecule has 0 aliphatic heterocycles. The molecule has 1 aromatic carbocycles. The molecule has 0 bridgehead atoms. The van der Waals surface area contributed by atoms with Crippen LogP contribution in [-0.2, 0) is 0 Å². The van der Waals surface area contributed by atoms with Crippen molar-refractivity contribution in [1.29, 1.82) is 0 Å². The van der Waals surface area contributed by atoms with Crippen LogP contribution in [0.1, 0.15) is 43.9 Å². The van der Waals surface area contributed by atoms with Crippen molar-refractivity contribution in [2.24, 2.45) is 0 Å². The highest BCUT2D eigenvalue weighted by atomic mass is 28.3. The summed E-state index contributed by atoms with van der Waals surface area (Å²) in [6.45, 7) is 15.6. The largest absolute Gasteiger partial charge is 0.332 e. The number of hydrogen-bond acceptors (Lipinski definition) is 1. The summed E-state index contributed by atoms with van der Waals surface area (Å²) in [6, 6.07) is 8.86. The molecule has 1 N–H and O–H groups in total. The first kappa shape index (κ1) is 15.3. The van der Waals surface area contributed by atoms with Crippen molar-refractivity contribution in [2.75, 3.05) is 0 Å². The zero-order chi connectivity index (χ0) is 15.0. The summed E-state index contributed by atoms with van der Waals surface area (Å²) in [4.78, 5) is 3.91. The van der Waals surface area contributed by atoms with Gasteiger partial charge in [0.2, 0.25) is 0 Å². The molecule has 1 aliphatic carbocycles. The summed E-state index contributed by atoms with van der Waals surface area (Å²) < 4.78 is 0. The van der Waals surface area contributed by atoms with E-state index in [-0.39, 0.29) is 5.54 Å². The maximum Gasteiger partial charge on any atom is 0.131 e. The van der Waals surface area contributed by atoms with Crippen LogP contribution in [-0.4, -0.2) is 13.8 Å². The van der Waals surface area contributed by atoms with Gasteiger partial charge in [0.05, 0.1) is 0 Å². The Morgan fingerprint density at radius 2 is 1.90 bits per heavy atom. The molecule has 1 unspecified atom stereocenters. The lowest BCUT2D eigenvalue weighted by atomic mass is 10.0. The zero-order valence-electron chi connectivity index (χ0n) is 13.5. The zero-order valence-corrected chi connectivity index (χ0v) is 14.5. The molecule has 1 aliphatic rings. The van der Waals surface area contributed by atoms with Gasteiger partial charge in [-0.2, -0.15) is 0 Å². The standard InChI is InChI=1S/C18H27NSi/c1-7-10-14-13-17(16-12-9-8-11-15(14)16)20(5,6)19-18(2,3)4/h7-9,11-13,17,19H,1,10H2,2-6H3. The molecule has 20 heavy (non-hydrogen) atoms. The molecular formula is C18H27NSi. The Kier molecular flexibility index (Phi) is 4.08. The Morgan fingerprint density at radius 3 is 2.50 bits per heavy atom. The first-order chi connectivity index (χ1) is 9.24. The lowest BCUT2D eigenvalue weighted by Crippen LogP contribution is -2.57. The number of hydrogen-bond donors (Lipinski definition) is 1. The summed E-state index contributed by atoms with van der Waals surface area (Å²) >= 11 is 0. The molecule has 2 heteroatoms. The van der Waals surface area contributed by atoms with Gasteiger partial charge in [-0.3, -0.25) is 0 Å². The fraction of sp³-hybridized carbons (Fsp3) is 0.444. The van der Waals surface area contributed by atoms with Crippen molar-refractivity contribution in [3.05, 3.63) is 54.1 Å². The van der Waals surface area contributed by atoms with Crippen molar-refractivity contribution < 1.29 is 0 Å². The predicted octanol–water partition coefficient (Wildman–Crippen LogP) is 4.88. The Labute approximate surface area is 124 Å². The van der Waals surface area contributed by atoms with Gasteiger partial charge in [-0.1, -0.05) is 49.5 Å². The fourth-order valence-corrected chi connectivity index (χ4v) is 7.15. The van der Waals surface area contributed by atoms with Gasteiger partial charge in [-0.25, -0.2) is 0 Å². The molecular weight excluding hydrogens is 258 g/mol. The van der Waals surface area contributed by atoms with Crippen LogP contribution in [0.4, 0.5) is 0 Å². The minimum atomic E-state index is -1.59. The minimum absolute atomic E-state index is 0.166. The quantitative estimate of drug-likeness (QED) is 0.614. The van der Waals surface area contributed by atoms with E-state index in [9.17, 15) is 0 Å². The maximum atomic E-state index is 3.91. The third kappa shape index (κ3) is 3.13. The Morgan fingerprint density at radius 1 is 1.25 bits per heavy atom. The molecule has 1 aromatic rings. The van der Waals surface area contributed by atoms with Crippen molar-refractivity contribution >= 4 is 13.8 Å². The highest BCUT2D eigenvalue weighted by Gasteiger charge is 2.38. The molecule has 0 saturated carbocycles. The van der Waals surface area contributed by atoms with Crippen LogP contribution < -0.4 is 4.98 Å². The predicted molar refractivity (Wildman–Crippen MR) is 92.3 cm³/mol. The molecule has 1 atom stereocenters. The molecule has 0 radical (unpaired) electrons. The third-order valence-electron chi connectivity index (χ3n) is 3.85. The van der Waals surface area contributed by atoms with E-state index in [2.05, 4.69) is 75.8 Å². The van der Waals surface area contributed by atoms with E-state index in [4.69, 9.17) is 0 Å². The smallest absolute Gasteiger partial charge is 0.131 e. The van der Waals surface area contributed by atoms with Gasteiger partial charge < -0.3 is 4.98 Å². The number of benzene rings is 1. The van der Waals surface area contributed by atoms with Crippen LogP contribution in [0.5, 0.6) is 0 Å². The molecule has 0 fully saturated rings. The SMILES string of the molecule is C=CCC1=CC([Si](C)(C)NC(C)(C)C)c2ccccc21. The molecule has 0 aromatic heterocycles. The number of nitrogens with one attached hydrogen (secondary N) is 1. The lowest BCUT2D eigenvalue weighted by molar-refractivity contribution is 0.509. The summed E-state index contributed by atoms with van der Waals surface area (Å²) in [5.74, 6) is 0. The van der Waals surface area contributed by atoms with Crippen molar-refractivity contribution in [3.63, 3.8) is 0 Å². The van der Waals surface area contributed by atoms with Crippen molar-refractivity contribution in [2.45, 2.75) is 51.4 Å². The van der Waals surface area contributed by atoms with Gasteiger partial charge in [0.1, 0.15) is 8.24 Å². The molecule has 0 saturated heterocycles. The van der Waals surface area contributed by atoms with Crippen LogP contribution >= 0.6 is 0 Å². The second-order valence-corrected chi connectivity index (χ2v) is 11.7. The van der Waals surface area contributed by atoms with Crippen LogP contribution in [0.2, 0.25) is 13.1 Å². The summed E-state index contributed by atoms with van der Waals surface area (Å²) in [6.07, 6.45) is 5.46. The first-order valence-corrected chi connectivity index (χ1v) is 10.5. The normalized spacial score (nSPS) is 18.6. The average Bonchev–Trinajstić information content (AvgIpc) is 2.67. The van der Waals surface area contributed by atoms with Crippen LogP contribution in [0, 0.1) is 0 Å². The topological polar surface area (TPSA) is 12.0 Å². The Bertz CT molecular complexity index is 535. The van der Waals surface area contributed by atoms with E-state index in [0.29, 0.717) is 5.54 Å². The summed E-state index contributed by atoms with van der Waals surface area (Å²) in [5.41, 5.74) is 5.08. The van der Waals surface area contributed by atoms with Crippen LogP contribution in [0.25, 0.3) is 5.57 Å². The van der Waals surface area contributed by atoms with Gasteiger partial charge in [0.25, 0.3) is 0 Å². The Balaban J connectivity index is 2.40. The summed E-state index contributed by atoms with van der Waals surface area (Å²) in [7, 11) is -1.59. The molecule has 0 amide bonds. The van der Waals surface area contributed by atoms with Gasteiger partial charge in [-0.05, 0) is 43.9 Å². The lowest BCUT2D eigenvalue weighted by Gasteiger charge is -2.37. The number of fused-ring (bicyclic) bond motifs is 1. The van der Waals surface area contributed by atoms with Gasteiger partial charge in [0.15, 0.2) is 0 Å². The monoisotopic (exact) mass is 285 g/mol. The van der Waals surface area contributed by atoms with Crippen LogP contribution in [0.15, 0.2) is 43.0 Å². The highest BCUT2D eigenvalue weighted by molar-refractivity contribution is 6.77. The van der Waals surface area contributed by atoms with E-state index >= 15 is 0 Å². The third-order valence-corrected chi connectivity index (χ3v) is 7.28. The molecule has 2 rings (SSSR count). The molecule has 0 spiro atoms. The first-order valence-electron chi connectivity index (χ1n) is 7.45. The van der Waals surface area contributed by atoms with Gasteiger partial charge in [-0.15, -0.1) is 6.58 Å². The van der Waals surface area contributed by atoms with Crippen LogP contribution in [0.3, 0.4) is 0 Å². The van der Waals surface area contributed by atoms with Gasteiger partial charge >= 0.3 is 0 Å². The van der Waals surface area contributed by atoms with Gasteiger partial charge in [0, 0.05) is 11.1 Å². The van der Waals surface area contributed by atoms with E-state index in [1.165, 1.54) is 16.7 Å². The maximum absolute atomic E-state index is 3.91. The van der Waals surface area contributed by atoms with E-state index in [0.717, 1.165) is 6.42 Å². The molecule has 108 valence electrons. The molecule has 0 heterocycles. The van der Waals surface area contributed by atoms with E-state index < -0.39 is 8.24 Å². The number of allylic oxidation sites excluding steroid dienone is 3. The fourth-order valence-electron chi connectivity index (χ4n) is 3.42. The second-order valence-electron chi connectivity index (χ2n) is 7.35.